The third-order valence-corrected chi connectivity index (χ3v) is 2.22. The SMILES string of the molecule is CCOCC(CC)(CC)OC(C)=O. The zero-order valence-corrected chi connectivity index (χ0v) is 9.05. The fourth-order valence-electron chi connectivity index (χ4n) is 1.22. The topological polar surface area (TPSA) is 35.5 Å². The van der Waals surface area contributed by atoms with E-state index in [1.165, 1.54) is 6.92 Å². The number of rotatable bonds is 6. The molecule has 78 valence electrons. The predicted octanol–water partition coefficient (Wildman–Crippen LogP) is 2.14. The van der Waals surface area contributed by atoms with Crippen LogP contribution in [0.25, 0.3) is 0 Å². The van der Waals surface area contributed by atoms with Crippen molar-refractivity contribution < 1.29 is 14.3 Å². The van der Waals surface area contributed by atoms with E-state index in [-0.39, 0.29) is 5.97 Å². The van der Waals surface area contributed by atoms with E-state index in [1.54, 1.807) is 0 Å². The first-order valence-corrected chi connectivity index (χ1v) is 4.87. The molecule has 0 aromatic heterocycles. The van der Waals surface area contributed by atoms with Crippen LogP contribution in [0.4, 0.5) is 0 Å². The van der Waals surface area contributed by atoms with E-state index in [9.17, 15) is 4.79 Å². The average molecular weight is 188 g/mol. The minimum Gasteiger partial charge on any atom is -0.457 e. The third kappa shape index (κ3) is 4.27. The van der Waals surface area contributed by atoms with Crippen LogP contribution in [0, 0.1) is 0 Å². The number of carbonyl (C=O) groups excluding carboxylic acids is 1. The zero-order chi connectivity index (χ0) is 10.3. The highest BCUT2D eigenvalue weighted by Gasteiger charge is 2.29. The number of hydrogen-bond acceptors (Lipinski definition) is 3. The maximum Gasteiger partial charge on any atom is 0.303 e. The largest absolute Gasteiger partial charge is 0.457 e. The molecule has 0 atom stereocenters. The second-order valence-electron chi connectivity index (χ2n) is 3.12. The summed E-state index contributed by atoms with van der Waals surface area (Å²) in [5.41, 5.74) is -0.415. The van der Waals surface area contributed by atoms with Crippen LogP contribution in [0.1, 0.15) is 40.5 Å². The molecule has 0 saturated heterocycles. The highest BCUT2D eigenvalue weighted by atomic mass is 16.6. The van der Waals surface area contributed by atoms with E-state index < -0.39 is 5.60 Å². The minimum absolute atomic E-state index is 0.233. The van der Waals surface area contributed by atoms with Crippen LogP contribution < -0.4 is 0 Å². The van der Waals surface area contributed by atoms with Gasteiger partial charge in [-0.3, -0.25) is 4.79 Å². The lowest BCUT2D eigenvalue weighted by Gasteiger charge is -2.30. The van der Waals surface area contributed by atoms with Crippen molar-refractivity contribution in [3.63, 3.8) is 0 Å². The molecule has 0 aromatic rings. The van der Waals surface area contributed by atoms with Gasteiger partial charge in [0.05, 0.1) is 6.61 Å². The Labute approximate surface area is 80.4 Å². The molecule has 0 aliphatic heterocycles. The molecule has 0 aliphatic rings. The molecule has 0 amide bonds. The maximum absolute atomic E-state index is 10.9. The fraction of sp³-hybridized carbons (Fsp3) is 0.900. The van der Waals surface area contributed by atoms with Gasteiger partial charge in [-0.1, -0.05) is 13.8 Å². The smallest absolute Gasteiger partial charge is 0.303 e. The second-order valence-corrected chi connectivity index (χ2v) is 3.12. The average Bonchev–Trinajstić information content (AvgIpc) is 2.12. The van der Waals surface area contributed by atoms with Gasteiger partial charge in [-0.2, -0.15) is 0 Å². The van der Waals surface area contributed by atoms with E-state index in [2.05, 4.69) is 0 Å². The summed E-state index contributed by atoms with van der Waals surface area (Å²) >= 11 is 0. The monoisotopic (exact) mass is 188 g/mol. The van der Waals surface area contributed by atoms with Crippen LogP contribution in [-0.4, -0.2) is 24.8 Å². The number of carbonyl (C=O) groups is 1. The third-order valence-electron chi connectivity index (χ3n) is 2.22. The first kappa shape index (κ1) is 12.4. The van der Waals surface area contributed by atoms with E-state index in [4.69, 9.17) is 9.47 Å². The normalized spacial score (nSPS) is 11.4. The van der Waals surface area contributed by atoms with Gasteiger partial charge in [0.25, 0.3) is 0 Å². The second kappa shape index (κ2) is 5.97. The van der Waals surface area contributed by atoms with Gasteiger partial charge in [0.15, 0.2) is 0 Å². The van der Waals surface area contributed by atoms with Crippen LogP contribution in [0.3, 0.4) is 0 Å². The standard InChI is InChI=1S/C10H20O3/c1-5-10(6-2,8-12-7-3)13-9(4)11/h5-8H2,1-4H3. The Bertz CT molecular complexity index is 150. The molecule has 3 heteroatoms. The predicted molar refractivity (Wildman–Crippen MR) is 51.6 cm³/mol. The molecular weight excluding hydrogens is 168 g/mol. The Hall–Kier alpha value is -0.570. The molecule has 0 aromatic carbocycles. The Morgan fingerprint density at radius 2 is 1.77 bits per heavy atom. The molecule has 3 nitrogen and oxygen atoms in total. The minimum atomic E-state index is -0.415. The number of ether oxygens (including phenoxy) is 2. The van der Waals surface area contributed by atoms with Gasteiger partial charge in [-0.05, 0) is 19.8 Å². The van der Waals surface area contributed by atoms with Gasteiger partial charge in [-0.15, -0.1) is 0 Å². The zero-order valence-electron chi connectivity index (χ0n) is 9.05. The van der Waals surface area contributed by atoms with Crippen molar-refractivity contribution in [1.82, 2.24) is 0 Å². The van der Waals surface area contributed by atoms with Gasteiger partial charge < -0.3 is 9.47 Å². The van der Waals surface area contributed by atoms with Crippen LogP contribution in [0.2, 0.25) is 0 Å². The molecule has 0 aliphatic carbocycles. The summed E-state index contributed by atoms with van der Waals surface area (Å²) in [6.07, 6.45) is 1.59. The lowest BCUT2D eigenvalue weighted by molar-refractivity contribution is -0.165. The molecule has 13 heavy (non-hydrogen) atoms. The Kier molecular flexibility index (Phi) is 5.71. The quantitative estimate of drug-likeness (QED) is 0.599. The summed E-state index contributed by atoms with van der Waals surface area (Å²) in [7, 11) is 0. The molecule has 0 N–H and O–H groups in total. The van der Waals surface area contributed by atoms with Crippen molar-refractivity contribution in [3.8, 4) is 0 Å². The maximum atomic E-state index is 10.9. The molecule has 0 rings (SSSR count). The van der Waals surface area contributed by atoms with Crippen molar-refractivity contribution >= 4 is 5.97 Å². The van der Waals surface area contributed by atoms with Crippen molar-refractivity contribution in [3.05, 3.63) is 0 Å². The van der Waals surface area contributed by atoms with Gasteiger partial charge in [0, 0.05) is 13.5 Å². The summed E-state index contributed by atoms with van der Waals surface area (Å²) in [5.74, 6) is -0.233. The molecule has 0 radical (unpaired) electrons. The van der Waals surface area contributed by atoms with Gasteiger partial charge in [0.2, 0.25) is 0 Å². The van der Waals surface area contributed by atoms with E-state index in [0.717, 1.165) is 12.8 Å². The van der Waals surface area contributed by atoms with Gasteiger partial charge in [-0.25, -0.2) is 0 Å². The Morgan fingerprint density at radius 3 is 2.08 bits per heavy atom. The van der Waals surface area contributed by atoms with E-state index >= 15 is 0 Å². The number of esters is 1. The van der Waals surface area contributed by atoms with Crippen LogP contribution in [0.5, 0.6) is 0 Å². The molecule has 0 bridgehead atoms. The van der Waals surface area contributed by atoms with Gasteiger partial charge >= 0.3 is 5.97 Å². The van der Waals surface area contributed by atoms with Crippen LogP contribution in [0.15, 0.2) is 0 Å². The Balaban J connectivity index is 4.21. The summed E-state index contributed by atoms with van der Waals surface area (Å²) in [6.45, 7) is 8.53. The van der Waals surface area contributed by atoms with Crippen molar-refractivity contribution in [2.75, 3.05) is 13.2 Å². The van der Waals surface area contributed by atoms with E-state index in [0.29, 0.717) is 13.2 Å². The molecule has 0 heterocycles. The summed E-state index contributed by atoms with van der Waals surface area (Å²) in [4.78, 5) is 10.9. The van der Waals surface area contributed by atoms with Crippen molar-refractivity contribution in [2.45, 2.75) is 46.1 Å². The van der Waals surface area contributed by atoms with Crippen LogP contribution >= 0.6 is 0 Å². The fourth-order valence-corrected chi connectivity index (χ4v) is 1.22. The van der Waals surface area contributed by atoms with Gasteiger partial charge in [0.1, 0.15) is 5.60 Å². The first-order chi connectivity index (χ1) is 6.10. The molecule has 0 fully saturated rings. The lowest BCUT2D eigenvalue weighted by atomic mass is 9.98. The highest BCUT2D eigenvalue weighted by Crippen LogP contribution is 2.21. The number of hydrogen-bond donors (Lipinski definition) is 0. The van der Waals surface area contributed by atoms with Crippen molar-refractivity contribution in [1.29, 1.82) is 0 Å². The molecular formula is C10H20O3. The summed E-state index contributed by atoms with van der Waals surface area (Å²) < 4.78 is 10.6. The van der Waals surface area contributed by atoms with E-state index in [1.807, 2.05) is 20.8 Å². The Morgan fingerprint density at radius 1 is 1.23 bits per heavy atom. The summed E-state index contributed by atoms with van der Waals surface area (Å²) in [6, 6.07) is 0. The van der Waals surface area contributed by atoms with Crippen molar-refractivity contribution in [2.24, 2.45) is 0 Å². The van der Waals surface area contributed by atoms with Crippen LogP contribution in [-0.2, 0) is 14.3 Å². The summed E-state index contributed by atoms with van der Waals surface area (Å²) in [5, 5.41) is 0. The first-order valence-electron chi connectivity index (χ1n) is 4.87. The highest BCUT2D eigenvalue weighted by molar-refractivity contribution is 5.66. The molecule has 0 unspecified atom stereocenters. The lowest BCUT2D eigenvalue weighted by Crippen LogP contribution is -2.38. The molecule has 0 saturated carbocycles. The molecule has 0 spiro atoms.